The van der Waals surface area contributed by atoms with Crippen molar-refractivity contribution in [3.05, 3.63) is 71.3 Å². The summed E-state index contributed by atoms with van der Waals surface area (Å²) in [6, 6.07) is 6.27. The zero-order valence-corrected chi connectivity index (χ0v) is 17.7. The minimum absolute atomic E-state index is 0.00471. The molecule has 0 bridgehead atoms. The van der Waals surface area contributed by atoms with Crippen LogP contribution in [-0.2, 0) is 17.4 Å². The largest absolute Gasteiger partial charge is 0.347 e. The number of aryl methyl sites for hydroxylation is 1. The minimum atomic E-state index is -3.01. The van der Waals surface area contributed by atoms with E-state index in [9.17, 15) is 27.6 Å². The number of nitrogens with one attached hydrogen (secondary N) is 3. The Balaban J connectivity index is 1.50. The molecular formula is C22H17F3N6O3. The molecule has 0 unspecified atom stereocenters. The zero-order valence-electron chi connectivity index (χ0n) is 17.7. The van der Waals surface area contributed by atoms with Crippen molar-refractivity contribution in [2.75, 3.05) is 5.32 Å². The maximum absolute atomic E-state index is 13.6. The number of amides is 2. The normalized spacial score (nSPS) is 15.6. The van der Waals surface area contributed by atoms with Crippen molar-refractivity contribution in [2.45, 2.75) is 24.3 Å². The molecule has 0 spiro atoms. The lowest BCUT2D eigenvalue weighted by molar-refractivity contribution is -0.149. The molecule has 1 aromatic carbocycles. The first-order valence-electron chi connectivity index (χ1n) is 9.95. The third kappa shape index (κ3) is 4.15. The molecule has 2 aromatic heterocycles. The van der Waals surface area contributed by atoms with Crippen LogP contribution in [0.1, 0.15) is 45.1 Å². The van der Waals surface area contributed by atoms with Crippen LogP contribution in [0.15, 0.2) is 42.9 Å². The number of nitriles is 1. The second kappa shape index (κ2) is 8.18. The number of nitrogens with zero attached hydrogens (tertiary/aromatic N) is 3. The average Bonchev–Trinajstić information content (AvgIpc) is 3.43. The summed E-state index contributed by atoms with van der Waals surface area (Å²) in [6.07, 6.45) is 2.60. The molecule has 1 fully saturated rings. The summed E-state index contributed by atoms with van der Waals surface area (Å²) in [6.45, 7) is 0. The van der Waals surface area contributed by atoms with Crippen LogP contribution in [0.2, 0.25) is 0 Å². The number of benzene rings is 1. The van der Waals surface area contributed by atoms with Crippen LogP contribution in [0.3, 0.4) is 0 Å². The van der Waals surface area contributed by atoms with Gasteiger partial charge in [0.05, 0.1) is 5.56 Å². The number of hydrogen-bond donors (Lipinski definition) is 3. The molecule has 0 saturated heterocycles. The van der Waals surface area contributed by atoms with Crippen LogP contribution in [0, 0.1) is 17.1 Å². The van der Waals surface area contributed by atoms with Gasteiger partial charge in [0, 0.05) is 49.7 Å². The van der Waals surface area contributed by atoms with Crippen LogP contribution in [0.25, 0.3) is 0 Å². The predicted molar refractivity (Wildman–Crippen MR) is 111 cm³/mol. The number of ketones is 1. The highest BCUT2D eigenvalue weighted by Gasteiger charge is 2.60. The quantitative estimate of drug-likeness (QED) is 0.376. The Morgan fingerprint density at radius 3 is 2.59 bits per heavy atom. The van der Waals surface area contributed by atoms with Gasteiger partial charge in [0.2, 0.25) is 0 Å². The Kier molecular flexibility index (Phi) is 5.48. The topological polar surface area (TPSA) is 133 Å². The Morgan fingerprint density at radius 2 is 1.97 bits per heavy atom. The van der Waals surface area contributed by atoms with E-state index in [1.54, 1.807) is 6.07 Å². The molecule has 1 aliphatic rings. The number of rotatable bonds is 6. The highest BCUT2D eigenvalue weighted by Crippen LogP contribution is 2.50. The minimum Gasteiger partial charge on any atom is -0.347 e. The molecule has 2 amide bonds. The van der Waals surface area contributed by atoms with Crippen molar-refractivity contribution in [3.63, 3.8) is 0 Å². The Morgan fingerprint density at radius 1 is 1.24 bits per heavy atom. The fourth-order valence-electron chi connectivity index (χ4n) is 3.88. The van der Waals surface area contributed by atoms with E-state index in [1.807, 2.05) is 0 Å². The monoisotopic (exact) mass is 470 g/mol. The SMILES string of the molecule is Cn1cc(C(=O)C(=O)NC2(c3ncc[nH]3)CC(F)(F)C2)cc1C(=O)Nc1ccc(F)c(C#N)c1. The second-order valence-electron chi connectivity index (χ2n) is 8.00. The Labute approximate surface area is 190 Å². The van der Waals surface area contributed by atoms with Gasteiger partial charge in [-0.05, 0) is 24.3 Å². The van der Waals surface area contributed by atoms with Crippen molar-refractivity contribution in [1.29, 1.82) is 5.26 Å². The number of halogens is 3. The Bertz CT molecular complexity index is 1330. The van der Waals surface area contributed by atoms with E-state index in [4.69, 9.17) is 5.26 Å². The molecule has 12 heteroatoms. The summed E-state index contributed by atoms with van der Waals surface area (Å²) >= 11 is 0. The maximum atomic E-state index is 13.6. The van der Waals surface area contributed by atoms with E-state index >= 15 is 0 Å². The highest BCUT2D eigenvalue weighted by atomic mass is 19.3. The number of H-pyrrole nitrogens is 1. The highest BCUT2D eigenvalue weighted by molar-refractivity contribution is 6.43. The van der Waals surface area contributed by atoms with Gasteiger partial charge in [0.15, 0.2) is 0 Å². The molecule has 3 N–H and O–H groups in total. The van der Waals surface area contributed by atoms with Gasteiger partial charge in [-0.15, -0.1) is 0 Å². The lowest BCUT2D eigenvalue weighted by atomic mass is 9.72. The number of aromatic amines is 1. The molecule has 1 aliphatic carbocycles. The average molecular weight is 470 g/mol. The molecule has 2 heterocycles. The number of carbonyl (C=O) groups excluding carboxylic acids is 3. The van der Waals surface area contributed by atoms with Gasteiger partial charge in [-0.2, -0.15) is 5.26 Å². The van der Waals surface area contributed by atoms with Crippen LogP contribution in [-0.4, -0.2) is 38.1 Å². The van der Waals surface area contributed by atoms with Crippen molar-refractivity contribution >= 4 is 23.3 Å². The Hall–Kier alpha value is -4.40. The number of imidazole rings is 1. The van der Waals surface area contributed by atoms with Crippen molar-refractivity contribution in [3.8, 4) is 6.07 Å². The molecule has 3 aromatic rings. The van der Waals surface area contributed by atoms with Gasteiger partial charge in [-0.3, -0.25) is 14.4 Å². The van der Waals surface area contributed by atoms with Crippen LogP contribution in [0.4, 0.5) is 18.9 Å². The summed E-state index contributed by atoms with van der Waals surface area (Å²) < 4.78 is 42.0. The number of anilines is 1. The second-order valence-corrected chi connectivity index (χ2v) is 8.00. The molecule has 34 heavy (non-hydrogen) atoms. The lowest BCUT2D eigenvalue weighted by Crippen LogP contribution is -2.61. The lowest BCUT2D eigenvalue weighted by Gasteiger charge is -2.46. The number of aromatic nitrogens is 3. The van der Waals surface area contributed by atoms with E-state index in [0.29, 0.717) is 0 Å². The van der Waals surface area contributed by atoms with Crippen LogP contribution < -0.4 is 10.6 Å². The van der Waals surface area contributed by atoms with Gasteiger partial charge in [0.1, 0.15) is 28.9 Å². The summed E-state index contributed by atoms with van der Waals surface area (Å²) in [5, 5.41) is 13.8. The number of hydrogen-bond acceptors (Lipinski definition) is 5. The molecule has 0 radical (unpaired) electrons. The van der Waals surface area contributed by atoms with Gasteiger partial charge < -0.3 is 20.2 Å². The summed E-state index contributed by atoms with van der Waals surface area (Å²) in [7, 11) is 1.46. The van der Waals surface area contributed by atoms with E-state index in [1.165, 1.54) is 42.3 Å². The van der Waals surface area contributed by atoms with E-state index in [2.05, 4.69) is 20.6 Å². The first kappa shape index (κ1) is 22.8. The van der Waals surface area contributed by atoms with Crippen LogP contribution in [0.5, 0.6) is 0 Å². The molecule has 1 saturated carbocycles. The van der Waals surface area contributed by atoms with Gasteiger partial charge >= 0.3 is 0 Å². The predicted octanol–water partition coefficient (Wildman–Crippen LogP) is 2.63. The van der Waals surface area contributed by atoms with E-state index in [0.717, 1.165) is 12.1 Å². The summed E-state index contributed by atoms with van der Waals surface area (Å²) in [5.74, 6) is -6.46. The van der Waals surface area contributed by atoms with Crippen LogP contribution >= 0.6 is 0 Å². The van der Waals surface area contributed by atoms with Crippen molar-refractivity contribution in [1.82, 2.24) is 19.9 Å². The molecule has 0 atom stereocenters. The van der Waals surface area contributed by atoms with E-state index < -0.39 is 47.7 Å². The maximum Gasteiger partial charge on any atom is 0.293 e. The van der Waals surface area contributed by atoms with Gasteiger partial charge in [-0.1, -0.05) is 0 Å². The summed E-state index contributed by atoms with van der Waals surface area (Å²) in [4.78, 5) is 44.6. The van der Waals surface area contributed by atoms with Gasteiger partial charge in [-0.25, -0.2) is 18.2 Å². The molecule has 174 valence electrons. The number of Topliss-reactive ketones (excluding diaryl/α,β-unsaturated/α-hetero) is 1. The fraction of sp³-hybridized carbons (Fsp3) is 0.227. The van der Waals surface area contributed by atoms with Gasteiger partial charge in [0.25, 0.3) is 23.5 Å². The van der Waals surface area contributed by atoms with Crippen molar-refractivity contribution < 1.29 is 27.6 Å². The summed E-state index contributed by atoms with van der Waals surface area (Å²) in [5.41, 5.74) is -1.75. The third-order valence-electron chi connectivity index (χ3n) is 5.48. The zero-order chi connectivity index (χ0) is 24.7. The first-order valence-corrected chi connectivity index (χ1v) is 9.95. The van der Waals surface area contributed by atoms with Crippen molar-refractivity contribution in [2.24, 2.45) is 7.05 Å². The molecule has 4 rings (SSSR count). The first-order chi connectivity index (χ1) is 16.0. The number of carbonyl (C=O) groups is 3. The van der Waals surface area contributed by atoms with E-state index in [-0.39, 0.29) is 28.3 Å². The molecular weight excluding hydrogens is 453 g/mol. The standard InChI is InChI=1S/C22H17F3N6O3/c1-31-9-13(7-16(31)18(33)29-14-2-3-15(23)12(6-14)8-26)17(32)19(34)30-21(10-22(24,25)11-21)20-27-4-5-28-20/h2-7,9H,10-11H2,1H3,(H,27,28)(H,29,33)(H,30,34). The number of alkyl halides is 2. The molecule has 0 aliphatic heterocycles. The third-order valence-corrected chi connectivity index (χ3v) is 5.48. The fourth-order valence-corrected chi connectivity index (χ4v) is 3.88. The smallest absolute Gasteiger partial charge is 0.293 e. The molecule has 9 nitrogen and oxygen atoms in total.